The quantitative estimate of drug-likeness (QED) is 0.186. The predicted octanol–water partition coefficient (Wildman–Crippen LogP) is 11.0. The lowest BCUT2D eigenvalue weighted by Crippen LogP contribution is -1.97. The maximum absolute atomic E-state index is 5.22. The molecule has 48 heavy (non-hydrogen) atoms. The van der Waals surface area contributed by atoms with Crippen LogP contribution >= 0.6 is 0 Å². The van der Waals surface area contributed by atoms with Gasteiger partial charge < -0.3 is 0 Å². The summed E-state index contributed by atoms with van der Waals surface area (Å²) < 4.78 is 0. The van der Waals surface area contributed by atoms with E-state index in [-0.39, 0.29) is 0 Å². The Bertz CT molecular complexity index is 2690. The first-order valence-corrected chi connectivity index (χ1v) is 16.1. The summed E-state index contributed by atoms with van der Waals surface area (Å²) in [6.45, 7) is 0. The summed E-state index contributed by atoms with van der Waals surface area (Å²) in [6, 6.07) is 53.1. The molecule has 0 atom stereocenters. The van der Waals surface area contributed by atoms with Crippen LogP contribution < -0.4 is 0 Å². The standard InChI is InChI=1S/C44H26N4/c1-2-8-27(9-3-1)39-26-40(34-22-23-37-33-12-5-4-11-32(33)35-13-6-14-36(34)41(35)37)48-44(47-39)31-19-15-28(16-20-31)38-24-21-30-18-17-29-10-7-25-45-42(29)43(30)46-38/h1-26H. The molecule has 3 aromatic heterocycles. The highest BCUT2D eigenvalue weighted by atomic mass is 14.9. The normalized spacial score (nSPS) is 11.8. The minimum absolute atomic E-state index is 0.686. The second kappa shape index (κ2) is 10.5. The number of pyridine rings is 2. The Kier molecular flexibility index (Phi) is 5.84. The van der Waals surface area contributed by atoms with Crippen molar-refractivity contribution in [1.82, 2.24) is 19.9 Å². The van der Waals surface area contributed by atoms with Crippen LogP contribution in [0.2, 0.25) is 0 Å². The van der Waals surface area contributed by atoms with E-state index in [0.29, 0.717) is 5.82 Å². The van der Waals surface area contributed by atoms with Gasteiger partial charge in [-0.25, -0.2) is 15.0 Å². The van der Waals surface area contributed by atoms with Gasteiger partial charge in [0, 0.05) is 39.2 Å². The van der Waals surface area contributed by atoms with Crippen molar-refractivity contribution in [3.63, 3.8) is 0 Å². The first kappa shape index (κ1) is 26.7. The summed E-state index contributed by atoms with van der Waals surface area (Å²) in [4.78, 5) is 20.0. The van der Waals surface area contributed by atoms with Crippen LogP contribution in [0.25, 0.3) is 100.0 Å². The summed E-state index contributed by atoms with van der Waals surface area (Å²) >= 11 is 0. The number of fused-ring (bicyclic) bond motifs is 6. The lowest BCUT2D eigenvalue weighted by Gasteiger charge is -2.13. The zero-order chi connectivity index (χ0) is 31.6. The van der Waals surface area contributed by atoms with E-state index in [1.165, 1.54) is 33.0 Å². The van der Waals surface area contributed by atoms with E-state index in [9.17, 15) is 0 Å². The largest absolute Gasteiger partial charge is 0.254 e. The molecule has 0 spiro atoms. The molecule has 0 radical (unpaired) electrons. The van der Waals surface area contributed by atoms with Gasteiger partial charge in [-0.05, 0) is 51.2 Å². The maximum Gasteiger partial charge on any atom is 0.160 e. The zero-order valence-electron chi connectivity index (χ0n) is 25.8. The Hall–Kier alpha value is -6.52. The summed E-state index contributed by atoms with van der Waals surface area (Å²) in [5.41, 5.74) is 13.8. The number of aromatic nitrogens is 4. The van der Waals surface area contributed by atoms with E-state index in [2.05, 4.69) is 145 Å². The van der Waals surface area contributed by atoms with Crippen molar-refractivity contribution >= 4 is 32.6 Å². The molecule has 0 bridgehead atoms. The second-order valence-corrected chi connectivity index (χ2v) is 12.2. The fourth-order valence-electron chi connectivity index (χ4n) is 7.18. The maximum atomic E-state index is 5.22. The molecule has 0 saturated carbocycles. The van der Waals surface area contributed by atoms with Crippen LogP contribution in [-0.4, -0.2) is 19.9 Å². The molecule has 0 unspecified atom stereocenters. The molecule has 0 saturated heterocycles. The molecule has 222 valence electrons. The first-order chi connectivity index (χ1) is 23.8. The van der Waals surface area contributed by atoms with Crippen molar-refractivity contribution < 1.29 is 0 Å². The van der Waals surface area contributed by atoms with Crippen molar-refractivity contribution in [2.75, 3.05) is 0 Å². The average molecular weight is 611 g/mol. The third kappa shape index (κ3) is 4.16. The molecule has 6 aromatic carbocycles. The number of nitrogens with zero attached hydrogens (tertiary/aromatic N) is 4. The molecule has 3 heterocycles. The van der Waals surface area contributed by atoms with Crippen LogP contribution in [0.3, 0.4) is 0 Å². The molecule has 1 aliphatic carbocycles. The Labute approximate surface area is 277 Å². The highest BCUT2D eigenvalue weighted by Gasteiger charge is 2.23. The zero-order valence-corrected chi connectivity index (χ0v) is 25.8. The third-order valence-corrected chi connectivity index (χ3v) is 9.49. The molecule has 4 nitrogen and oxygen atoms in total. The van der Waals surface area contributed by atoms with Gasteiger partial charge in [0.2, 0.25) is 0 Å². The topological polar surface area (TPSA) is 51.6 Å². The van der Waals surface area contributed by atoms with Gasteiger partial charge in [0.25, 0.3) is 0 Å². The molecular weight excluding hydrogens is 585 g/mol. The van der Waals surface area contributed by atoms with Crippen LogP contribution in [-0.2, 0) is 0 Å². The summed E-state index contributed by atoms with van der Waals surface area (Å²) in [5, 5.41) is 4.64. The Morgan fingerprint density at radius 1 is 0.354 bits per heavy atom. The number of benzene rings is 6. The molecule has 0 N–H and O–H groups in total. The highest BCUT2D eigenvalue weighted by molar-refractivity contribution is 6.18. The van der Waals surface area contributed by atoms with Gasteiger partial charge in [-0.3, -0.25) is 4.98 Å². The monoisotopic (exact) mass is 610 g/mol. The number of hydrogen-bond donors (Lipinski definition) is 0. The van der Waals surface area contributed by atoms with Gasteiger partial charge in [-0.1, -0.05) is 133 Å². The first-order valence-electron chi connectivity index (χ1n) is 16.1. The van der Waals surface area contributed by atoms with E-state index in [1.807, 2.05) is 18.3 Å². The minimum atomic E-state index is 0.686. The molecule has 0 amide bonds. The van der Waals surface area contributed by atoms with Gasteiger partial charge >= 0.3 is 0 Å². The average Bonchev–Trinajstić information content (AvgIpc) is 3.50. The smallest absolute Gasteiger partial charge is 0.160 e. The molecule has 0 fully saturated rings. The molecule has 9 aromatic rings. The predicted molar refractivity (Wildman–Crippen MR) is 196 cm³/mol. The van der Waals surface area contributed by atoms with Crippen molar-refractivity contribution in [2.45, 2.75) is 0 Å². The Morgan fingerprint density at radius 2 is 1.00 bits per heavy atom. The van der Waals surface area contributed by atoms with E-state index in [1.54, 1.807) is 0 Å². The summed E-state index contributed by atoms with van der Waals surface area (Å²) in [6.07, 6.45) is 1.82. The Morgan fingerprint density at radius 3 is 1.83 bits per heavy atom. The van der Waals surface area contributed by atoms with E-state index >= 15 is 0 Å². The Balaban J connectivity index is 1.10. The van der Waals surface area contributed by atoms with Gasteiger partial charge in [0.05, 0.1) is 28.1 Å². The van der Waals surface area contributed by atoms with Crippen LogP contribution in [0, 0.1) is 0 Å². The lowest BCUT2D eigenvalue weighted by atomic mass is 9.96. The second-order valence-electron chi connectivity index (χ2n) is 12.2. The van der Waals surface area contributed by atoms with Crippen molar-refractivity contribution in [3.05, 3.63) is 158 Å². The van der Waals surface area contributed by atoms with Crippen LogP contribution in [0.4, 0.5) is 0 Å². The fourth-order valence-corrected chi connectivity index (χ4v) is 7.18. The van der Waals surface area contributed by atoms with E-state index in [0.717, 1.165) is 61.1 Å². The van der Waals surface area contributed by atoms with Crippen LogP contribution in [0.1, 0.15) is 0 Å². The summed E-state index contributed by atoms with van der Waals surface area (Å²) in [5.74, 6) is 0.686. The van der Waals surface area contributed by atoms with Crippen molar-refractivity contribution in [2.24, 2.45) is 0 Å². The third-order valence-electron chi connectivity index (χ3n) is 9.49. The SMILES string of the molecule is c1ccc(-c2cc(-c3ccc4c5c(cccc35)-c3ccccc3-4)nc(-c3ccc(-c4ccc5ccc6cccnc6c5n4)cc3)n2)cc1. The molecular formula is C44H26N4. The van der Waals surface area contributed by atoms with Gasteiger partial charge in [-0.15, -0.1) is 0 Å². The van der Waals surface area contributed by atoms with E-state index < -0.39 is 0 Å². The van der Waals surface area contributed by atoms with Gasteiger partial charge in [-0.2, -0.15) is 0 Å². The van der Waals surface area contributed by atoms with E-state index in [4.69, 9.17) is 15.0 Å². The highest BCUT2D eigenvalue weighted by Crippen LogP contribution is 2.49. The fraction of sp³-hybridized carbons (Fsp3) is 0. The lowest BCUT2D eigenvalue weighted by molar-refractivity contribution is 1.18. The summed E-state index contributed by atoms with van der Waals surface area (Å²) in [7, 11) is 0. The number of rotatable bonds is 4. The number of hydrogen-bond acceptors (Lipinski definition) is 4. The molecule has 1 aliphatic rings. The molecule has 4 heteroatoms. The minimum Gasteiger partial charge on any atom is -0.254 e. The van der Waals surface area contributed by atoms with Crippen molar-refractivity contribution in [3.8, 4) is 67.4 Å². The van der Waals surface area contributed by atoms with Gasteiger partial charge in [0.15, 0.2) is 5.82 Å². The van der Waals surface area contributed by atoms with Crippen LogP contribution in [0.15, 0.2) is 158 Å². The van der Waals surface area contributed by atoms with Crippen molar-refractivity contribution in [1.29, 1.82) is 0 Å². The van der Waals surface area contributed by atoms with Gasteiger partial charge in [0.1, 0.15) is 0 Å². The molecule has 0 aliphatic heterocycles. The molecule has 10 rings (SSSR count). The van der Waals surface area contributed by atoms with Crippen LogP contribution in [0.5, 0.6) is 0 Å².